The summed E-state index contributed by atoms with van der Waals surface area (Å²) in [7, 11) is 0. The van der Waals surface area contributed by atoms with Crippen molar-refractivity contribution in [2.45, 2.75) is 52.7 Å². The summed E-state index contributed by atoms with van der Waals surface area (Å²) < 4.78 is 5.17. The monoisotopic (exact) mass is 376 g/mol. The minimum absolute atomic E-state index is 0.162. The third-order valence-corrected chi connectivity index (χ3v) is 4.08. The molecule has 2 rings (SSSR count). The van der Waals surface area contributed by atoms with Crippen molar-refractivity contribution >= 4 is 23.9 Å². The highest BCUT2D eigenvalue weighted by Gasteiger charge is 2.41. The third kappa shape index (κ3) is 4.64. The van der Waals surface area contributed by atoms with Crippen LogP contribution in [0.4, 0.5) is 4.79 Å². The summed E-state index contributed by atoms with van der Waals surface area (Å²) in [5.41, 5.74) is -0.415. The number of benzene rings is 1. The van der Waals surface area contributed by atoms with Crippen LogP contribution >= 0.6 is 0 Å². The molecule has 0 saturated heterocycles. The van der Waals surface area contributed by atoms with Gasteiger partial charge in [-0.2, -0.15) is 0 Å². The lowest BCUT2D eigenvalue weighted by atomic mass is 9.99. The number of rotatable bonds is 5. The molecule has 1 aliphatic rings. The second-order valence-electron chi connectivity index (χ2n) is 7.37. The highest BCUT2D eigenvalue weighted by molar-refractivity contribution is 6.20. The Labute approximate surface area is 157 Å². The Morgan fingerprint density at radius 2 is 1.63 bits per heavy atom. The molecule has 0 spiro atoms. The van der Waals surface area contributed by atoms with Crippen molar-refractivity contribution in [3.63, 3.8) is 0 Å². The molecular weight excluding hydrogens is 352 g/mol. The van der Waals surface area contributed by atoms with E-state index >= 15 is 0 Å². The zero-order valence-corrected chi connectivity index (χ0v) is 16.1. The van der Waals surface area contributed by atoms with Crippen LogP contribution in [0.15, 0.2) is 24.3 Å². The molecule has 0 saturated carbocycles. The number of carbonyl (C=O) groups excluding carboxylic acids is 4. The van der Waals surface area contributed by atoms with E-state index in [1.807, 2.05) is 6.92 Å². The molecule has 27 heavy (non-hydrogen) atoms. The first kappa shape index (κ1) is 20.4. The second-order valence-corrected chi connectivity index (χ2v) is 7.37. The summed E-state index contributed by atoms with van der Waals surface area (Å²) in [5, 5.41) is 2.89. The van der Waals surface area contributed by atoms with E-state index in [2.05, 4.69) is 5.32 Å². The molecule has 0 aliphatic carbocycles. The maximum atomic E-state index is 12.6. The van der Waals surface area contributed by atoms with Gasteiger partial charge in [0.15, 0.2) is 0 Å². The number of hydrogen-bond acceptors (Lipinski definition) is 6. The van der Waals surface area contributed by atoms with Crippen LogP contribution in [0.1, 0.15) is 61.8 Å². The summed E-state index contributed by atoms with van der Waals surface area (Å²) in [4.78, 5) is 54.4. The Hall–Kier alpha value is -2.90. The Kier molecular flexibility index (Phi) is 5.88. The van der Waals surface area contributed by atoms with Crippen molar-refractivity contribution in [2.24, 2.45) is 5.92 Å². The first-order valence-electron chi connectivity index (χ1n) is 8.74. The molecular formula is C19H24N2O6. The van der Waals surface area contributed by atoms with Crippen LogP contribution < -0.4 is 5.32 Å². The number of fused-ring (bicyclic) bond motifs is 1. The van der Waals surface area contributed by atoms with Gasteiger partial charge in [0.1, 0.15) is 11.6 Å². The fraction of sp³-hybridized carbons (Fsp3) is 0.474. The average Bonchev–Trinajstić information content (AvgIpc) is 2.82. The maximum Gasteiger partial charge on any atom is 0.408 e. The molecule has 1 aromatic carbocycles. The van der Waals surface area contributed by atoms with Crippen molar-refractivity contribution in [2.75, 3.05) is 0 Å². The van der Waals surface area contributed by atoms with Crippen molar-refractivity contribution in [3.05, 3.63) is 35.4 Å². The fourth-order valence-electron chi connectivity index (χ4n) is 2.50. The predicted molar refractivity (Wildman–Crippen MR) is 95.6 cm³/mol. The van der Waals surface area contributed by atoms with Crippen LogP contribution in [0.25, 0.3) is 0 Å². The molecule has 0 radical (unpaired) electrons. The number of hydrogen-bond donors (Lipinski definition) is 1. The van der Waals surface area contributed by atoms with E-state index < -0.39 is 35.5 Å². The van der Waals surface area contributed by atoms with Crippen LogP contribution in [0, 0.1) is 5.92 Å². The van der Waals surface area contributed by atoms with Crippen LogP contribution in [0.3, 0.4) is 0 Å². The largest absolute Gasteiger partial charge is 0.444 e. The molecule has 3 amide bonds. The number of amides is 3. The minimum atomic E-state index is -1.07. The van der Waals surface area contributed by atoms with Crippen molar-refractivity contribution in [1.29, 1.82) is 0 Å². The second kappa shape index (κ2) is 7.77. The van der Waals surface area contributed by atoms with Gasteiger partial charge in [-0.15, -0.1) is 0 Å². The number of alkyl carbamates (subject to hydrolysis) is 1. The predicted octanol–water partition coefficient (Wildman–Crippen LogP) is 2.68. The van der Waals surface area contributed by atoms with Gasteiger partial charge in [-0.05, 0) is 38.8 Å². The highest BCUT2D eigenvalue weighted by Crippen LogP contribution is 2.23. The van der Waals surface area contributed by atoms with Gasteiger partial charge in [0.2, 0.25) is 0 Å². The Balaban J connectivity index is 2.14. The lowest BCUT2D eigenvalue weighted by Crippen LogP contribution is -2.49. The van der Waals surface area contributed by atoms with Crippen LogP contribution in [-0.4, -0.2) is 40.6 Å². The van der Waals surface area contributed by atoms with Crippen LogP contribution in [-0.2, 0) is 14.4 Å². The first-order valence-corrected chi connectivity index (χ1v) is 8.74. The molecule has 2 atom stereocenters. The van der Waals surface area contributed by atoms with Crippen LogP contribution in [0.5, 0.6) is 0 Å². The normalized spacial score (nSPS) is 15.8. The summed E-state index contributed by atoms with van der Waals surface area (Å²) >= 11 is 0. The molecule has 0 aromatic heterocycles. The Morgan fingerprint density at radius 3 is 2.07 bits per heavy atom. The topological polar surface area (TPSA) is 102 Å². The zero-order valence-electron chi connectivity index (χ0n) is 16.1. The molecule has 1 heterocycles. The number of ether oxygens (including phenoxy) is 1. The molecule has 1 N–H and O–H groups in total. The van der Waals surface area contributed by atoms with E-state index in [1.165, 1.54) is 12.1 Å². The van der Waals surface area contributed by atoms with Gasteiger partial charge in [0.05, 0.1) is 11.1 Å². The van der Waals surface area contributed by atoms with Gasteiger partial charge in [-0.1, -0.05) is 37.5 Å². The Morgan fingerprint density at radius 1 is 1.11 bits per heavy atom. The number of carbonyl (C=O) groups is 4. The van der Waals surface area contributed by atoms with Crippen molar-refractivity contribution in [3.8, 4) is 0 Å². The lowest BCUT2D eigenvalue weighted by Gasteiger charge is -2.26. The molecule has 0 unspecified atom stereocenters. The van der Waals surface area contributed by atoms with E-state index in [-0.39, 0.29) is 17.0 Å². The molecule has 0 fully saturated rings. The van der Waals surface area contributed by atoms with Crippen LogP contribution in [0.2, 0.25) is 0 Å². The van der Waals surface area contributed by atoms with Crippen molar-refractivity contribution in [1.82, 2.24) is 10.4 Å². The number of imide groups is 1. The summed E-state index contributed by atoms with van der Waals surface area (Å²) in [6.45, 7) is 8.67. The standard InChI is InChI=1S/C19H24N2O6/c1-6-11(2)14(20-18(25)26-19(3,4)5)17(24)27-21-15(22)12-9-7-8-10-13(12)16(21)23/h7-11,14H,6H2,1-5H3,(H,20,25)/t11-,14-/m0/s1. The molecule has 1 aliphatic heterocycles. The molecule has 1 aromatic rings. The van der Waals surface area contributed by atoms with E-state index in [1.54, 1.807) is 39.8 Å². The highest BCUT2D eigenvalue weighted by atomic mass is 16.7. The van der Waals surface area contributed by atoms with Gasteiger partial charge in [0, 0.05) is 0 Å². The van der Waals surface area contributed by atoms with Crippen molar-refractivity contribution < 1.29 is 28.8 Å². The quantitative estimate of drug-likeness (QED) is 0.793. The molecule has 8 heteroatoms. The zero-order chi connectivity index (χ0) is 20.4. The third-order valence-electron chi connectivity index (χ3n) is 4.08. The van der Waals surface area contributed by atoms with Gasteiger partial charge in [-0.3, -0.25) is 9.59 Å². The fourth-order valence-corrected chi connectivity index (χ4v) is 2.50. The summed E-state index contributed by atoms with van der Waals surface area (Å²) in [6.07, 6.45) is -0.232. The summed E-state index contributed by atoms with van der Waals surface area (Å²) in [6, 6.07) is 5.11. The van der Waals surface area contributed by atoms with E-state index in [0.29, 0.717) is 11.5 Å². The van der Waals surface area contributed by atoms with Gasteiger partial charge in [-0.25, -0.2) is 9.59 Å². The number of nitrogens with zero attached hydrogens (tertiary/aromatic N) is 1. The minimum Gasteiger partial charge on any atom is -0.444 e. The maximum absolute atomic E-state index is 12.6. The molecule has 146 valence electrons. The lowest BCUT2D eigenvalue weighted by molar-refractivity contribution is -0.172. The molecule has 8 nitrogen and oxygen atoms in total. The average molecular weight is 376 g/mol. The van der Waals surface area contributed by atoms with E-state index in [9.17, 15) is 19.2 Å². The summed E-state index contributed by atoms with van der Waals surface area (Å²) in [5.74, 6) is -2.65. The SMILES string of the molecule is CC[C@H](C)[C@H](NC(=O)OC(C)(C)C)C(=O)ON1C(=O)c2ccccc2C1=O. The van der Waals surface area contributed by atoms with Gasteiger partial charge < -0.3 is 14.9 Å². The van der Waals surface area contributed by atoms with Gasteiger partial charge >= 0.3 is 12.1 Å². The number of nitrogens with one attached hydrogen (secondary N) is 1. The van der Waals surface area contributed by atoms with E-state index in [4.69, 9.17) is 9.57 Å². The Bertz CT molecular complexity index is 733. The van der Waals surface area contributed by atoms with Gasteiger partial charge in [0.25, 0.3) is 11.8 Å². The smallest absolute Gasteiger partial charge is 0.408 e. The first-order chi connectivity index (χ1) is 12.5. The van der Waals surface area contributed by atoms with E-state index in [0.717, 1.165) is 0 Å². The number of hydroxylamine groups is 2. The molecule has 0 bridgehead atoms.